The zero-order chi connectivity index (χ0) is 10.3. The van der Waals surface area contributed by atoms with Gasteiger partial charge in [0.2, 0.25) is 0 Å². The van der Waals surface area contributed by atoms with E-state index in [9.17, 15) is 0 Å². The molecular formula is C10H11BrN2S. The molecule has 0 amide bonds. The number of nitrogens with one attached hydrogen (secondary N) is 1. The summed E-state index contributed by atoms with van der Waals surface area (Å²) in [5.41, 5.74) is 3.64. The van der Waals surface area contributed by atoms with Crippen molar-refractivity contribution in [1.29, 1.82) is 0 Å². The molecule has 0 aliphatic carbocycles. The van der Waals surface area contributed by atoms with Crippen LogP contribution in [0, 0.1) is 13.8 Å². The summed E-state index contributed by atoms with van der Waals surface area (Å²) in [5, 5.41) is 4.05. The van der Waals surface area contributed by atoms with Crippen molar-refractivity contribution in [3.8, 4) is 0 Å². The number of rotatable bonds is 1. The number of benzene rings is 1. The maximum Gasteiger partial charge on any atom is 0.183 e. The Labute approximate surface area is 95.5 Å². The summed E-state index contributed by atoms with van der Waals surface area (Å²) in [6, 6.07) is 2.14. The predicted octanol–water partition coefficient (Wildman–Crippen LogP) is 3.72. The molecule has 2 nitrogen and oxygen atoms in total. The highest BCUT2D eigenvalue weighted by atomic mass is 79.9. The van der Waals surface area contributed by atoms with Crippen LogP contribution in [0.2, 0.25) is 0 Å². The van der Waals surface area contributed by atoms with Gasteiger partial charge in [-0.05, 0) is 31.0 Å². The monoisotopic (exact) mass is 270 g/mol. The van der Waals surface area contributed by atoms with Crippen LogP contribution in [0.15, 0.2) is 10.5 Å². The largest absolute Gasteiger partial charge is 0.365 e. The molecule has 0 aliphatic heterocycles. The second-order valence-electron chi connectivity index (χ2n) is 3.22. The van der Waals surface area contributed by atoms with Crippen LogP contribution in [0.4, 0.5) is 5.13 Å². The predicted molar refractivity (Wildman–Crippen MR) is 66.3 cm³/mol. The van der Waals surface area contributed by atoms with Gasteiger partial charge in [0.1, 0.15) is 0 Å². The standard InChI is InChI=1S/C10H11BrN2S/c1-5-6(2)9-8(4-7(5)11)14-10(12-3)13-9/h4H,1-3H3,(H,12,13). The van der Waals surface area contributed by atoms with Crippen molar-refractivity contribution in [3.63, 3.8) is 0 Å². The lowest BCUT2D eigenvalue weighted by Crippen LogP contribution is -1.87. The van der Waals surface area contributed by atoms with Crippen molar-refractivity contribution in [2.45, 2.75) is 13.8 Å². The van der Waals surface area contributed by atoms with E-state index >= 15 is 0 Å². The minimum absolute atomic E-state index is 0.973. The average molecular weight is 271 g/mol. The first kappa shape index (κ1) is 9.93. The Morgan fingerprint density at radius 1 is 1.36 bits per heavy atom. The Morgan fingerprint density at radius 3 is 2.71 bits per heavy atom. The fourth-order valence-corrected chi connectivity index (χ4v) is 2.98. The van der Waals surface area contributed by atoms with Crippen LogP contribution in [-0.2, 0) is 0 Å². The lowest BCUT2D eigenvalue weighted by molar-refractivity contribution is 1.31. The number of fused-ring (bicyclic) bond motifs is 1. The molecule has 74 valence electrons. The summed E-state index contributed by atoms with van der Waals surface area (Å²) >= 11 is 5.24. The molecular weight excluding hydrogens is 260 g/mol. The molecule has 0 aliphatic rings. The zero-order valence-electron chi connectivity index (χ0n) is 8.31. The van der Waals surface area contributed by atoms with E-state index in [-0.39, 0.29) is 0 Å². The fourth-order valence-electron chi connectivity index (χ4n) is 1.39. The van der Waals surface area contributed by atoms with Gasteiger partial charge in [-0.3, -0.25) is 0 Å². The number of nitrogens with zero attached hydrogens (tertiary/aromatic N) is 1. The van der Waals surface area contributed by atoms with Gasteiger partial charge in [0.25, 0.3) is 0 Å². The van der Waals surface area contributed by atoms with Crippen molar-refractivity contribution in [3.05, 3.63) is 21.7 Å². The van der Waals surface area contributed by atoms with Crippen LogP contribution in [0.25, 0.3) is 10.2 Å². The smallest absolute Gasteiger partial charge is 0.183 e. The van der Waals surface area contributed by atoms with Gasteiger partial charge in [-0.2, -0.15) is 0 Å². The number of hydrogen-bond acceptors (Lipinski definition) is 3. The van der Waals surface area contributed by atoms with E-state index in [0.29, 0.717) is 0 Å². The first-order valence-electron chi connectivity index (χ1n) is 4.37. The number of anilines is 1. The molecule has 1 heterocycles. The quantitative estimate of drug-likeness (QED) is 0.855. The first-order valence-corrected chi connectivity index (χ1v) is 5.98. The van der Waals surface area contributed by atoms with Crippen LogP contribution in [0.5, 0.6) is 0 Å². The number of aryl methyl sites for hydroxylation is 1. The Morgan fingerprint density at radius 2 is 2.07 bits per heavy atom. The van der Waals surface area contributed by atoms with Crippen LogP contribution >= 0.6 is 27.3 Å². The molecule has 1 aromatic heterocycles. The zero-order valence-corrected chi connectivity index (χ0v) is 10.7. The molecule has 0 spiro atoms. The maximum atomic E-state index is 4.52. The molecule has 0 saturated heterocycles. The molecule has 2 rings (SSSR count). The van der Waals surface area contributed by atoms with Crippen LogP contribution in [0.1, 0.15) is 11.1 Å². The summed E-state index contributed by atoms with van der Waals surface area (Å²) in [5.74, 6) is 0. The highest BCUT2D eigenvalue weighted by Gasteiger charge is 2.09. The molecule has 2 aromatic rings. The van der Waals surface area contributed by atoms with E-state index < -0.39 is 0 Å². The molecule has 14 heavy (non-hydrogen) atoms. The lowest BCUT2D eigenvalue weighted by atomic mass is 10.1. The molecule has 0 saturated carbocycles. The van der Waals surface area contributed by atoms with Crippen LogP contribution < -0.4 is 5.32 Å². The van der Waals surface area contributed by atoms with E-state index in [1.165, 1.54) is 15.8 Å². The maximum absolute atomic E-state index is 4.52. The van der Waals surface area contributed by atoms with Crippen molar-refractivity contribution in [1.82, 2.24) is 4.98 Å². The van der Waals surface area contributed by atoms with Crippen LogP contribution in [0.3, 0.4) is 0 Å². The Kier molecular flexibility index (Phi) is 2.49. The molecule has 0 unspecified atom stereocenters. The molecule has 0 radical (unpaired) electrons. The summed E-state index contributed by atoms with van der Waals surface area (Å²) < 4.78 is 2.39. The fraction of sp³-hybridized carbons (Fsp3) is 0.300. The van der Waals surface area contributed by atoms with Gasteiger partial charge in [-0.15, -0.1) is 0 Å². The molecule has 0 fully saturated rings. The first-order chi connectivity index (χ1) is 6.63. The highest BCUT2D eigenvalue weighted by molar-refractivity contribution is 9.10. The van der Waals surface area contributed by atoms with Gasteiger partial charge < -0.3 is 5.32 Å². The van der Waals surface area contributed by atoms with E-state index in [4.69, 9.17) is 0 Å². The highest BCUT2D eigenvalue weighted by Crippen LogP contribution is 2.33. The third-order valence-electron chi connectivity index (χ3n) is 2.40. The van der Waals surface area contributed by atoms with Gasteiger partial charge >= 0.3 is 0 Å². The van der Waals surface area contributed by atoms with Crippen LogP contribution in [-0.4, -0.2) is 12.0 Å². The van der Waals surface area contributed by atoms with Crippen molar-refractivity contribution in [2.75, 3.05) is 12.4 Å². The normalized spacial score (nSPS) is 10.9. The van der Waals surface area contributed by atoms with Crippen molar-refractivity contribution < 1.29 is 0 Å². The van der Waals surface area contributed by atoms with Crippen molar-refractivity contribution >= 4 is 42.6 Å². The SMILES string of the molecule is CNc1nc2c(C)c(C)c(Br)cc2s1. The summed E-state index contributed by atoms with van der Waals surface area (Å²) in [6.45, 7) is 4.22. The second-order valence-corrected chi connectivity index (χ2v) is 5.11. The number of hydrogen-bond donors (Lipinski definition) is 1. The minimum Gasteiger partial charge on any atom is -0.365 e. The van der Waals surface area contributed by atoms with E-state index in [1.807, 2.05) is 7.05 Å². The molecule has 1 aromatic carbocycles. The molecule has 0 atom stereocenters. The molecule has 0 bridgehead atoms. The van der Waals surface area contributed by atoms with Gasteiger partial charge in [-0.1, -0.05) is 27.3 Å². The summed E-state index contributed by atoms with van der Waals surface area (Å²) in [6.07, 6.45) is 0. The summed E-state index contributed by atoms with van der Waals surface area (Å²) in [4.78, 5) is 4.52. The lowest BCUT2D eigenvalue weighted by Gasteiger charge is -2.02. The number of aromatic nitrogens is 1. The summed E-state index contributed by atoms with van der Waals surface area (Å²) in [7, 11) is 1.90. The minimum atomic E-state index is 0.973. The van der Waals surface area contributed by atoms with Gasteiger partial charge in [-0.25, -0.2) is 4.98 Å². The topological polar surface area (TPSA) is 24.9 Å². The molecule has 4 heteroatoms. The number of halogens is 1. The Balaban J connectivity index is 2.81. The van der Waals surface area contributed by atoms with Gasteiger partial charge in [0, 0.05) is 11.5 Å². The van der Waals surface area contributed by atoms with Crippen molar-refractivity contribution in [2.24, 2.45) is 0 Å². The molecule has 1 N–H and O–H groups in total. The number of thiazole rings is 1. The third-order valence-corrected chi connectivity index (χ3v) is 4.24. The third kappa shape index (κ3) is 1.42. The Hall–Kier alpha value is -0.610. The van der Waals surface area contributed by atoms with Gasteiger partial charge in [0.15, 0.2) is 5.13 Å². The van der Waals surface area contributed by atoms with E-state index in [2.05, 4.69) is 46.1 Å². The average Bonchev–Trinajstić information content (AvgIpc) is 2.57. The van der Waals surface area contributed by atoms with Gasteiger partial charge in [0.05, 0.1) is 10.2 Å². The second kappa shape index (κ2) is 3.51. The van der Waals surface area contributed by atoms with E-state index in [1.54, 1.807) is 11.3 Å². The Bertz CT molecular complexity index is 490. The van der Waals surface area contributed by atoms with E-state index in [0.717, 1.165) is 15.1 Å².